The molecule has 2 atom stereocenters. The summed E-state index contributed by atoms with van der Waals surface area (Å²) < 4.78 is 39.2. The summed E-state index contributed by atoms with van der Waals surface area (Å²) in [5, 5.41) is 4.72. The third-order valence-electron chi connectivity index (χ3n) is 11.2. The highest BCUT2D eigenvalue weighted by molar-refractivity contribution is 7.89. The lowest BCUT2D eigenvalue weighted by molar-refractivity contribution is 0.221. The molecule has 1 aliphatic heterocycles. The molecule has 0 radical (unpaired) electrons. The standard InChI is InChI=1S/C44H53NO3SSi2/c1-35-28-30-37(31-29-35)49(46,47)45-33-42(50(43(2,3)4,38-20-12-8-13-21-38)39-22-14-9-15-23-39)32-36(45)34-48-51(44(5,6)7,40-24-16-10-17-25-40)41-26-18-11-19-27-41/h8-31,36,42H,32-34H2,1-7H3/t36-,42+/m1/s1. The van der Waals surface area contributed by atoms with Crippen molar-refractivity contribution >= 4 is 47.2 Å². The Labute approximate surface area is 308 Å². The van der Waals surface area contributed by atoms with Crippen molar-refractivity contribution in [2.24, 2.45) is 0 Å². The molecule has 0 aromatic heterocycles. The van der Waals surface area contributed by atoms with Crippen LogP contribution in [-0.2, 0) is 14.4 Å². The maximum absolute atomic E-state index is 14.9. The van der Waals surface area contributed by atoms with Crippen molar-refractivity contribution in [2.45, 2.75) is 81.4 Å². The lowest BCUT2D eigenvalue weighted by Gasteiger charge is -2.48. The van der Waals surface area contributed by atoms with Gasteiger partial charge in [-0.2, -0.15) is 4.31 Å². The van der Waals surface area contributed by atoms with E-state index in [4.69, 9.17) is 4.43 Å². The highest BCUT2D eigenvalue weighted by Gasteiger charge is 2.58. The zero-order chi connectivity index (χ0) is 36.5. The second-order valence-electron chi connectivity index (χ2n) is 16.2. The summed E-state index contributed by atoms with van der Waals surface area (Å²) >= 11 is 0. The molecule has 1 saturated heterocycles. The highest BCUT2D eigenvalue weighted by Crippen LogP contribution is 2.49. The molecule has 0 spiro atoms. The van der Waals surface area contributed by atoms with Gasteiger partial charge in [0.2, 0.25) is 10.0 Å². The number of sulfonamides is 1. The van der Waals surface area contributed by atoms with Crippen molar-refractivity contribution in [3.8, 4) is 0 Å². The minimum atomic E-state index is -3.85. The van der Waals surface area contributed by atoms with Crippen LogP contribution in [0.4, 0.5) is 0 Å². The van der Waals surface area contributed by atoms with Crippen molar-refractivity contribution in [1.29, 1.82) is 0 Å². The van der Waals surface area contributed by atoms with Crippen LogP contribution in [0.15, 0.2) is 150 Å². The summed E-state index contributed by atoms with van der Waals surface area (Å²) in [7, 11) is -9.46. The first kappa shape index (κ1) is 37.2. The van der Waals surface area contributed by atoms with E-state index in [2.05, 4.69) is 163 Å². The topological polar surface area (TPSA) is 46.6 Å². The number of rotatable bonds is 10. The SMILES string of the molecule is Cc1ccc(S(=O)(=O)N2C[C@@H]([Si](c3ccccc3)(c3ccccc3)C(C)(C)C)C[C@@H]2CO[Si](c2ccccc2)(c2ccccc2)C(C)(C)C)cc1. The first-order valence-electron chi connectivity index (χ1n) is 18.2. The van der Waals surface area contributed by atoms with E-state index in [1.807, 2.05) is 23.4 Å². The highest BCUT2D eigenvalue weighted by atomic mass is 32.2. The monoisotopic (exact) mass is 731 g/mol. The Morgan fingerprint density at radius 2 is 1.02 bits per heavy atom. The van der Waals surface area contributed by atoms with Gasteiger partial charge in [-0.3, -0.25) is 0 Å². The van der Waals surface area contributed by atoms with Crippen molar-refractivity contribution in [3.63, 3.8) is 0 Å². The van der Waals surface area contributed by atoms with Gasteiger partial charge in [0.1, 0.15) is 8.07 Å². The fraction of sp³-hybridized carbons (Fsp3) is 0.318. The normalized spacial score (nSPS) is 17.8. The molecule has 0 aliphatic carbocycles. The maximum Gasteiger partial charge on any atom is 0.261 e. The van der Waals surface area contributed by atoms with Crippen LogP contribution in [0, 0.1) is 6.92 Å². The fourth-order valence-corrected chi connectivity index (χ4v) is 22.2. The van der Waals surface area contributed by atoms with E-state index >= 15 is 0 Å². The van der Waals surface area contributed by atoms with E-state index < -0.39 is 26.4 Å². The summed E-state index contributed by atoms with van der Waals surface area (Å²) in [6.45, 7) is 16.7. The second kappa shape index (κ2) is 14.4. The van der Waals surface area contributed by atoms with Crippen LogP contribution in [0.1, 0.15) is 53.5 Å². The molecule has 51 heavy (non-hydrogen) atoms. The minimum Gasteiger partial charge on any atom is -0.406 e. The Kier molecular flexibility index (Phi) is 10.5. The van der Waals surface area contributed by atoms with E-state index in [0.29, 0.717) is 18.0 Å². The van der Waals surface area contributed by atoms with E-state index in [1.54, 1.807) is 12.1 Å². The van der Waals surface area contributed by atoms with Gasteiger partial charge in [0.05, 0.1) is 11.5 Å². The number of nitrogens with zero attached hydrogens (tertiary/aromatic N) is 1. The molecule has 0 unspecified atom stereocenters. The molecule has 266 valence electrons. The quantitative estimate of drug-likeness (QED) is 0.138. The van der Waals surface area contributed by atoms with Crippen molar-refractivity contribution in [3.05, 3.63) is 151 Å². The Morgan fingerprint density at radius 1 is 0.608 bits per heavy atom. The van der Waals surface area contributed by atoms with E-state index in [9.17, 15) is 8.42 Å². The third kappa shape index (κ3) is 6.75. The summed E-state index contributed by atoms with van der Waals surface area (Å²) in [5.74, 6) is 0. The molecule has 0 amide bonds. The average molecular weight is 732 g/mol. The van der Waals surface area contributed by atoms with Gasteiger partial charge >= 0.3 is 0 Å². The van der Waals surface area contributed by atoms with Crippen LogP contribution in [-0.4, -0.2) is 48.3 Å². The van der Waals surface area contributed by atoms with Crippen molar-refractivity contribution in [2.75, 3.05) is 13.2 Å². The molecule has 4 nitrogen and oxygen atoms in total. The summed E-state index contributed by atoms with van der Waals surface area (Å²) in [6, 6.07) is 50.2. The zero-order valence-corrected chi connectivity index (χ0v) is 34.0. The van der Waals surface area contributed by atoms with Gasteiger partial charge in [0, 0.05) is 12.6 Å². The van der Waals surface area contributed by atoms with Crippen LogP contribution >= 0.6 is 0 Å². The number of hydrogen-bond acceptors (Lipinski definition) is 3. The van der Waals surface area contributed by atoms with Crippen LogP contribution in [0.3, 0.4) is 0 Å². The molecular formula is C44H53NO3SSi2. The largest absolute Gasteiger partial charge is 0.406 e. The Hall–Kier alpha value is -3.60. The lowest BCUT2D eigenvalue weighted by atomic mass is 10.2. The van der Waals surface area contributed by atoms with E-state index in [0.717, 1.165) is 12.0 Å². The van der Waals surface area contributed by atoms with Gasteiger partial charge in [-0.25, -0.2) is 8.42 Å². The molecule has 7 heteroatoms. The van der Waals surface area contributed by atoms with E-state index in [-0.39, 0.29) is 21.7 Å². The molecule has 5 aromatic rings. The summed E-state index contributed by atoms with van der Waals surface area (Å²) in [4.78, 5) is 0.339. The van der Waals surface area contributed by atoms with Crippen LogP contribution in [0.25, 0.3) is 0 Å². The predicted molar refractivity (Wildman–Crippen MR) is 218 cm³/mol. The van der Waals surface area contributed by atoms with Gasteiger partial charge in [0.15, 0.2) is 0 Å². The molecule has 1 fully saturated rings. The van der Waals surface area contributed by atoms with Gasteiger partial charge in [-0.05, 0) is 51.5 Å². The molecule has 5 aromatic carbocycles. The second-order valence-corrected chi connectivity index (χ2v) is 27.5. The van der Waals surface area contributed by atoms with Gasteiger partial charge in [-0.15, -0.1) is 0 Å². The Balaban J connectivity index is 1.53. The van der Waals surface area contributed by atoms with E-state index in [1.165, 1.54) is 20.7 Å². The average Bonchev–Trinajstić information content (AvgIpc) is 3.55. The van der Waals surface area contributed by atoms with Gasteiger partial charge in [0.25, 0.3) is 8.32 Å². The number of hydrogen-bond donors (Lipinski definition) is 0. The molecular weight excluding hydrogens is 679 g/mol. The molecule has 0 N–H and O–H groups in total. The minimum absolute atomic E-state index is 0.107. The third-order valence-corrected chi connectivity index (χ3v) is 24.6. The molecule has 1 heterocycles. The fourth-order valence-electron chi connectivity index (χ4n) is 8.99. The lowest BCUT2D eigenvalue weighted by Crippen LogP contribution is -2.67. The van der Waals surface area contributed by atoms with Crippen LogP contribution < -0.4 is 20.7 Å². The van der Waals surface area contributed by atoms with Gasteiger partial charge in [-0.1, -0.05) is 191 Å². The summed E-state index contributed by atoms with van der Waals surface area (Å²) in [6.07, 6.45) is 0.719. The maximum atomic E-state index is 14.9. The molecule has 0 bridgehead atoms. The predicted octanol–water partition coefficient (Wildman–Crippen LogP) is 7.77. The van der Waals surface area contributed by atoms with Crippen molar-refractivity contribution in [1.82, 2.24) is 4.31 Å². The number of aryl methyl sites for hydroxylation is 1. The summed E-state index contributed by atoms with van der Waals surface area (Å²) in [5.41, 5.74) is 1.14. The number of benzene rings is 5. The Bertz CT molecular complexity index is 1910. The van der Waals surface area contributed by atoms with Crippen LogP contribution in [0.5, 0.6) is 0 Å². The van der Waals surface area contributed by atoms with Gasteiger partial charge < -0.3 is 4.43 Å². The molecule has 0 saturated carbocycles. The first-order valence-corrected chi connectivity index (χ1v) is 23.6. The smallest absolute Gasteiger partial charge is 0.261 e. The van der Waals surface area contributed by atoms with Crippen molar-refractivity contribution < 1.29 is 12.8 Å². The Morgan fingerprint density at radius 3 is 1.41 bits per heavy atom. The van der Waals surface area contributed by atoms with Crippen LogP contribution in [0.2, 0.25) is 15.6 Å². The molecule has 1 aliphatic rings. The zero-order valence-electron chi connectivity index (χ0n) is 31.2. The molecule has 6 rings (SSSR count). The first-order chi connectivity index (χ1) is 24.2.